The zero-order valence-corrected chi connectivity index (χ0v) is 12.7. The van der Waals surface area contributed by atoms with Crippen LogP contribution in [0.5, 0.6) is 0 Å². The number of rotatable bonds is 3. The Kier molecular flexibility index (Phi) is 4.78. The summed E-state index contributed by atoms with van der Waals surface area (Å²) in [6, 6.07) is 7.94. The van der Waals surface area contributed by atoms with Gasteiger partial charge in [-0.05, 0) is 43.6 Å². The fourth-order valence-corrected chi connectivity index (χ4v) is 3.05. The molecule has 1 aromatic rings. The first-order valence-electron chi connectivity index (χ1n) is 7.27. The molecule has 4 nitrogen and oxygen atoms in total. The predicted octanol–water partition coefficient (Wildman–Crippen LogP) is 1.56. The molecular weight excluding hydrogens is 250 g/mol. The molecule has 2 N–H and O–H groups in total. The van der Waals surface area contributed by atoms with Crippen LogP contribution in [-0.4, -0.2) is 48.9 Å². The fourth-order valence-electron chi connectivity index (χ4n) is 3.05. The van der Waals surface area contributed by atoms with Gasteiger partial charge in [0.05, 0.1) is 0 Å². The van der Waals surface area contributed by atoms with E-state index in [0.717, 1.165) is 30.6 Å². The molecule has 0 aromatic heterocycles. The third kappa shape index (κ3) is 3.19. The highest BCUT2D eigenvalue weighted by Crippen LogP contribution is 2.22. The Morgan fingerprint density at radius 3 is 2.60 bits per heavy atom. The number of amides is 1. The van der Waals surface area contributed by atoms with Crippen molar-refractivity contribution in [3.05, 3.63) is 35.4 Å². The third-order valence-corrected chi connectivity index (χ3v) is 4.32. The number of carbonyl (C=O) groups is 1. The first-order valence-corrected chi connectivity index (χ1v) is 7.27. The van der Waals surface area contributed by atoms with Gasteiger partial charge in [0.25, 0.3) is 5.91 Å². The molecule has 2 atom stereocenters. The van der Waals surface area contributed by atoms with E-state index in [4.69, 9.17) is 5.73 Å². The average Bonchev–Trinajstić information content (AvgIpc) is 2.46. The van der Waals surface area contributed by atoms with Crippen molar-refractivity contribution in [3.63, 3.8) is 0 Å². The smallest absolute Gasteiger partial charge is 0.253 e. The van der Waals surface area contributed by atoms with E-state index < -0.39 is 0 Å². The number of carbonyl (C=O) groups excluding carboxylic acids is 1. The minimum atomic E-state index is 0.106. The van der Waals surface area contributed by atoms with Crippen molar-refractivity contribution < 1.29 is 4.79 Å². The number of hydrogen-bond donors (Lipinski definition) is 1. The summed E-state index contributed by atoms with van der Waals surface area (Å²) < 4.78 is 0. The van der Waals surface area contributed by atoms with Gasteiger partial charge < -0.3 is 15.5 Å². The van der Waals surface area contributed by atoms with E-state index in [0.29, 0.717) is 18.5 Å². The molecule has 0 radical (unpaired) electrons. The Morgan fingerprint density at radius 2 is 2.05 bits per heavy atom. The van der Waals surface area contributed by atoms with Crippen molar-refractivity contribution in [1.82, 2.24) is 9.80 Å². The molecule has 2 rings (SSSR count). The van der Waals surface area contributed by atoms with Gasteiger partial charge in [0.1, 0.15) is 0 Å². The first kappa shape index (κ1) is 15.0. The Balaban J connectivity index is 2.07. The van der Waals surface area contributed by atoms with Gasteiger partial charge in [0.2, 0.25) is 0 Å². The van der Waals surface area contributed by atoms with E-state index in [-0.39, 0.29) is 5.91 Å². The second-order valence-electron chi connectivity index (χ2n) is 5.91. The van der Waals surface area contributed by atoms with Crippen LogP contribution in [0.4, 0.5) is 0 Å². The summed E-state index contributed by atoms with van der Waals surface area (Å²) in [6.07, 6.45) is 1.04. The predicted molar refractivity (Wildman–Crippen MR) is 81.5 cm³/mol. The largest absolute Gasteiger partial charge is 0.338 e. The van der Waals surface area contributed by atoms with Crippen molar-refractivity contribution in [1.29, 1.82) is 0 Å². The summed E-state index contributed by atoms with van der Waals surface area (Å²) in [5, 5.41) is 0. The maximum Gasteiger partial charge on any atom is 0.253 e. The van der Waals surface area contributed by atoms with Crippen molar-refractivity contribution in [2.45, 2.75) is 25.9 Å². The van der Waals surface area contributed by atoms with Gasteiger partial charge in [0.15, 0.2) is 0 Å². The van der Waals surface area contributed by atoms with Crippen LogP contribution in [-0.2, 0) is 6.54 Å². The lowest BCUT2D eigenvalue weighted by Gasteiger charge is -2.40. The number of piperidine rings is 1. The van der Waals surface area contributed by atoms with Crippen molar-refractivity contribution in [3.8, 4) is 0 Å². The Morgan fingerprint density at radius 1 is 1.40 bits per heavy atom. The van der Waals surface area contributed by atoms with Crippen molar-refractivity contribution in [2.24, 2.45) is 11.7 Å². The van der Waals surface area contributed by atoms with E-state index >= 15 is 0 Å². The van der Waals surface area contributed by atoms with Crippen LogP contribution in [0.15, 0.2) is 24.3 Å². The molecule has 1 amide bonds. The number of hydrogen-bond acceptors (Lipinski definition) is 3. The van der Waals surface area contributed by atoms with Crippen molar-refractivity contribution >= 4 is 5.91 Å². The SMILES string of the molecule is CC1CN(C)CCC1N(C)C(=O)c1ccc(CN)cc1. The van der Waals surface area contributed by atoms with Crippen LogP contribution in [0, 0.1) is 5.92 Å². The zero-order chi connectivity index (χ0) is 14.7. The minimum Gasteiger partial charge on any atom is -0.338 e. The van der Waals surface area contributed by atoms with Gasteiger partial charge in [-0.25, -0.2) is 0 Å². The highest BCUT2D eigenvalue weighted by atomic mass is 16.2. The maximum atomic E-state index is 12.6. The molecule has 1 aliphatic rings. The molecule has 1 heterocycles. The lowest BCUT2D eigenvalue weighted by molar-refractivity contribution is 0.0549. The topological polar surface area (TPSA) is 49.6 Å². The lowest BCUT2D eigenvalue weighted by Crippen LogP contribution is -2.49. The summed E-state index contributed by atoms with van der Waals surface area (Å²) in [4.78, 5) is 16.8. The lowest BCUT2D eigenvalue weighted by atomic mass is 9.92. The highest BCUT2D eigenvalue weighted by Gasteiger charge is 2.30. The monoisotopic (exact) mass is 275 g/mol. The van der Waals surface area contributed by atoms with E-state index in [1.807, 2.05) is 36.2 Å². The maximum absolute atomic E-state index is 12.6. The molecule has 110 valence electrons. The molecule has 20 heavy (non-hydrogen) atoms. The molecule has 1 aliphatic heterocycles. The van der Waals surface area contributed by atoms with E-state index in [2.05, 4.69) is 18.9 Å². The van der Waals surface area contributed by atoms with E-state index in [1.54, 1.807) is 0 Å². The molecule has 0 bridgehead atoms. The summed E-state index contributed by atoms with van der Waals surface area (Å²) in [5.74, 6) is 0.612. The zero-order valence-electron chi connectivity index (χ0n) is 12.7. The third-order valence-electron chi connectivity index (χ3n) is 4.32. The van der Waals surface area contributed by atoms with Gasteiger partial charge in [0, 0.05) is 31.7 Å². The first-order chi connectivity index (χ1) is 9.52. The summed E-state index contributed by atoms with van der Waals surface area (Å²) in [6.45, 7) is 4.84. The van der Waals surface area contributed by atoms with Crippen molar-refractivity contribution in [2.75, 3.05) is 27.2 Å². The van der Waals surface area contributed by atoms with E-state index in [9.17, 15) is 4.79 Å². The van der Waals surface area contributed by atoms with Gasteiger partial charge in [-0.15, -0.1) is 0 Å². The molecule has 1 fully saturated rings. The van der Waals surface area contributed by atoms with Gasteiger partial charge in [-0.3, -0.25) is 4.79 Å². The van der Waals surface area contributed by atoms with Gasteiger partial charge in [-0.1, -0.05) is 19.1 Å². The normalized spacial score (nSPS) is 23.6. The van der Waals surface area contributed by atoms with Gasteiger partial charge >= 0.3 is 0 Å². The molecule has 2 unspecified atom stereocenters. The number of likely N-dealkylation sites (tertiary alicyclic amines) is 1. The fraction of sp³-hybridized carbons (Fsp3) is 0.562. The van der Waals surface area contributed by atoms with Crippen LogP contribution in [0.3, 0.4) is 0 Å². The molecule has 1 saturated heterocycles. The minimum absolute atomic E-state index is 0.106. The second-order valence-corrected chi connectivity index (χ2v) is 5.91. The highest BCUT2D eigenvalue weighted by molar-refractivity contribution is 5.94. The average molecular weight is 275 g/mol. The quantitative estimate of drug-likeness (QED) is 0.910. The van der Waals surface area contributed by atoms with Crippen LogP contribution >= 0.6 is 0 Å². The Bertz CT molecular complexity index is 457. The summed E-state index contributed by atoms with van der Waals surface area (Å²) >= 11 is 0. The number of benzene rings is 1. The number of nitrogens with zero attached hydrogens (tertiary/aromatic N) is 2. The molecule has 1 aromatic carbocycles. The van der Waals surface area contributed by atoms with Crippen LogP contribution < -0.4 is 5.73 Å². The molecule has 4 heteroatoms. The Hall–Kier alpha value is -1.39. The standard InChI is InChI=1S/C16H25N3O/c1-12-11-18(2)9-8-15(12)19(3)16(20)14-6-4-13(10-17)5-7-14/h4-7,12,15H,8-11,17H2,1-3H3. The van der Waals surface area contributed by atoms with Crippen LogP contribution in [0.25, 0.3) is 0 Å². The van der Waals surface area contributed by atoms with Gasteiger partial charge in [-0.2, -0.15) is 0 Å². The molecule has 0 spiro atoms. The molecular formula is C16H25N3O. The van der Waals surface area contributed by atoms with Crippen LogP contribution in [0.2, 0.25) is 0 Å². The number of nitrogens with two attached hydrogens (primary N) is 1. The van der Waals surface area contributed by atoms with Crippen LogP contribution in [0.1, 0.15) is 29.3 Å². The summed E-state index contributed by atoms with van der Waals surface area (Å²) in [7, 11) is 4.06. The summed E-state index contributed by atoms with van der Waals surface area (Å²) in [5.41, 5.74) is 7.38. The molecule has 0 aliphatic carbocycles. The van der Waals surface area contributed by atoms with E-state index in [1.165, 1.54) is 0 Å². The molecule has 0 saturated carbocycles. The second kappa shape index (κ2) is 6.37. The Labute approximate surface area is 121 Å².